The monoisotopic (exact) mass is 372 g/mol. The molecule has 0 aliphatic heterocycles. The van der Waals surface area contributed by atoms with Crippen LogP contribution in [0.15, 0.2) is 85.2 Å². The van der Waals surface area contributed by atoms with Gasteiger partial charge in [0.15, 0.2) is 0 Å². The molecule has 1 unspecified atom stereocenters. The topological polar surface area (TPSA) is 111 Å². The van der Waals surface area contributed by atoms with Crippen molar-refractivity contribution in [3.05, 3.63) is 102 Å². The molecule has 28 heavy (non-hydrogen) atoms. The first-order chi connectivity index (χ1) is 13.5. The van der Waals surface area contributed by atoms with Crippen molar-refractivity contribution in [1.82, 2.24) is 4.98 Å². The molecule has 0 bridgehead atoms. The predicted molar refractivity (Wildman–Crippen MR) is 109 cm³/mol. The second kappa shape index (κ2) is 8.28. The molecule has 0 saturated heterocycles. The summed E-state index contributed by atoms with van der Waals surface area (Å²) in [5.74, 6) is -0.965. The maximum Gasteiger partial charge on any atom is 0.255 e. The summed E-state index contributed by atoms with van der Waals surface area (Å²) >= 11 is 0. The van der Waals surface area contributed by atoms with Crippen LogP contribution in [0.1, 0.15) is 21.5 Å². The lowest BCUT2D eigenvalue weighted by Gasteiger charge is -2.23. The Morgan fingerprint density at radius 2 is 1.57 bits per heavy atom. The molecule has 2 amide bonds. The number of anilines is 1. The summed E-state index contributed by atoms with van der Waals surface area (Å²) in [6.07, 6.45) is 6.49. The third kappa shape index (κ3) is 4.31. The Morgan fingerprint density at radius 3 is 2.18 bits per heavy atom. The molecule has 3 aromatic rings. The van der Waals surface area contributed by atoms with E-state index in [9.17, 15) is 9.59 Å². The highest BCUT2D eigenvalue weighted by molar-refractivity contribution is 6.04. The molecule has 0 saturated carbocycles. The SMILES string of the molecule is NC(=O)C(N)(C=Cc1ccccc1)c1ccc(C(=O)Nc2ccncc2)cc1. The van der Waals surface area contributed by atoms with Crippen LogP contribution in [0.5, 0.6) is 0 Å². The van der Waals surface area contributed by atoms with E-state index in [2.05, 4.69) is 10.3 Å². The van der Waals surface area contributed by atoms with Gasteiger partial charge in [0.1, 0.15) is 5.54 Å². The number of nitrogens with two attached hydrogens (primary N) is 2. The number of carbonyl (C=O) groups excluding carboxylic acids is 2. The fourth-order valence-electron chi connectivity index (χ4n) is 2.65. The molecular formula is C22H20N4O2. The predicted octanol–water partition coefficient (Wildman–Crippen LogP) is 2.69. The fraction of sp³-hybridized carbons (Fsp3) is 0.0455. The van der Waals surface area contributed by atoms with E-state index in [0.29, 0.717) is 16.8 Å². The maximum atomic E-state index is 12.4. The van der Waals surface area contributed by atoms with E-state index in [0.717, 1.165) is 5.56 Å². The van der Waals surface area contributed by atoms with Crippen LogP contribution in [0.2, 0.25) is 0 Å². The quantitative estimate of drug-likeness (QED) is 0.618. The average molecular weight is 372 g/mol. The summed E-state index contributed by atoms with van der Waals surface area (Å²) in [5, 5.41) is 2.77. The first kappa shape index (κ1) is 19.0. The van der Waals surface area contributed by atoms with Crippen LogP contribution in [-0.2, 0) is 10.3 Å². The molecule has 5 N–H and O–H groups in total. The number of amides is 2. The minimum absolute atomic E-state index is 0.278. The van der Waals surface area contributed by atoms with E-state index < -0.39 is 11.4 Å². The highest BCUT2D eigenvalue weighted by Crippen LogP contribution is 2.22. The van der Waals surface area contributed by atoms with E-state index in [-0.39, 0.29) is 5.91 Å². The standard InChI is InChI=1S/C22H20N4O2/c23-21(28)22(24,13-10-16-4-2-1-3-5-16)18-8-6-17(7-9-18)20(27)26-19-11-14-25-15-12-19/h1-15H,24H2,(H2,23,28)(H,25,26,27). The van der Waals surface area contributed by atoms with Gasteiger partial charge < -0.3 is 16.8 Å². The van der Waals surface area contributed by atoms with Crippen LogP contribution >= 0.6 is 0 Å². The summed E-state index contributed by atoms with van der Waals surface area (Å²) < 4.78 is 0. The first-order valence-electron chi connectivity index (χ1n) is 8.64. The van der Waals surface area contributed by atoms with Crippen molar-refractivity contribution in [2.24, 2.45) is 11.5 Å². The Labute approximate surface area is 162 Å². The molecule has 1 heterocycles. The Kier molecular flexibility index (Phi) is 5.62. The van der Waals surface area contributed by atoms with Crippen molar-refractivity contribution < 1.29 is 9.59 Å². The fourth-order valence-corrected chi connectivity index (χ4v) is 2.65. The van der Waals surface area contributed by atoms with Crippen molar-refractivity contribution in [2.75, 3.05) is 5.32 Å². The Hall–Kier alpha value is -3.77. The van der Waals surface area contributed by atoms with Gasteiger partial charge in [-0.05, 0) is 35.4 Å². The Morgan fingerprint density at radius 1 is 0.929 bits per heavy atom. The summed E-state index contributed by atoms with van der Waals surface area (Å²) in [6.45, 7) is 0. The van der Waals surface area contributed by atoms with Crippen LogP contribution < -0.4 is 16.8 Å². The lowest BCUT2D eigenvalue weighted by atomic mass is 9.88. The lowest BCUT2D eigenvalue weighted by molar-refractivity contribution is -0.121. The molecule has 0 aliphatic carbocycles. The number of rotatable bonds is 6. The molecule has 3 rings (SSSR count). The largest absolute Gasteiger partial charge is 0.367 e. The van der Waals surface area contributed by atoms with E-state index in [1.54, 1.807) is 60.9 Å². The number of primary amides is 1. The zero-order chi connectivity index (χ0) is 20.0. The normalized spacial score (nSPS) is 13.0. The molecule has 0 aliphatic rings. The van der Waals surface area contributed by atoms with Gasteiger partial charge in [-0.1, -0.05) is 54.6 Å². The summed E-state index contributed by atoms with van der Waals surface area (Å²) in [4.78, 5) is 28.3. The molecule has 0 spiro atoms. The van der Waals surface area contributed by atoms with E-state index in [1.165, 1.54) is 0 Å². The van der Waals surface area contributed by atoms with Crippen LogP contribution in [0.4, 0.5) is 5.69 Å². The van der Waals surface area contributed by atoms with Gasteiger partial charge >= 0.3 is 0 Å². The lowest BCUT2D eigenvalue weighted by Crippen LogP contribution is -2.47. The minimum atomic E-state index is -1.49. The number of aromatic nitrogens is 1. The Bertz CT molecular complexity index is 986. The smallest absolute Gasteiger partial charge is 0.255 e. The first-order valence-corrected chi connectivity index (χ1v) is 8.64. The molecular weight excluding hydrogens is 352 g/mol. The number of hydrogen-bond acceptors (Lipinski definition) is 4. The summed E-state index contributed by atoms with van der Waals surface area (Å²) in [6, 6.07) is 19.3. The van der Waals surface area contributed by atoms with Gasteiger partial charge in [-0.2, -0.15) is 0 Å². The second-order valence-corrected chi connectivity index (χ2v) is 6.24. The van der Waals surface area contributed by atoms with Gasteiger partial charge in [0.25, 0.3) is 5.91 Å². The van der Waals surface area contributed by atoms with Gasteiger partial charge in [0, 0.05) is 23.6 Å². The van der Waals surface area contributed by atoms with Crippen LogP contribution in [0.3, 0.4) is 0 Å². The molecule has 0 fully saturated rings. The van der Waals surface area contributed by atoms with Crippen molar-refractivity contribution in [1.29, 1.82) is 0 Å². The number of benzene rings is 2. The van der Waals surface area contributed by atoms with Gasteiger partial charge in [-0.15, -0.1) is 0 Å². The van der Waals surface area contributed by atoms with Crippen molar-refractivity contribution in [2.45, 2.75) is 5.54 Å². The highest BCUT2D eigenvalue weighted by atomic mass is 16.2. The zero-order valence-electron chi connectivity index (χ0n) is 15.1. The molecule has 6 heteroatoms. The van der Waals surface area contributed by atoms with Crippen LogP contribution in [0, 0.1) is 0 Å². The molecule has 140 valence electrons. The number of nitrogens with zero attached hydrogens (tertiary/aromatic N) is 1. The summed E-state index contributed by atoms with van der Waals surface area (Å²) in [5.41, 5.74) is 12.8. The van der Waals surface area contributed by atoms with E-state index in [1.807, 2.05) is 30.3 Å². The zero-order valence-corrected chi connectivity index (χ0v) is 15.1. The van der Waals surface area contributed by atoms with E-state index in [4.69, 9.17) is 11.5 Å². The van der Waals surface area contributed by atoms with Crippen molar-refractivity contribution in [3.63, 3.8) is 0 Å². The minimum Gasteiger partial charge on any atom is -0.367 e. The highest BCUT2D eigenvalue weighted by Gasteiger charge is 2.31. The van der Waals surface area contributed by atoms with Gasteiger partial charge in [-0.3, -0.25) is 14.6 Å². The number of carbonyl (C=O) groups is 2. The molecule has 0 radical (unpaired) electrons. The van der Waals surface area contributed by atoms with Crippen LogP contribution in [0.25, 0.3) is 6.08 Å². The second-order valence-electron chi connectivity index (χ2n) is 6.24. The summed E-state index contributed by atoms with van der Waals surface area (Å²) in [7, 11) is 0. The molecule has 1 aromatic heterocycles. The van der Waals surface area contributed by atoms with Crippen molar-refractivity contribution >= 4 is 23.6 Å². The van der Waals surface area contributed by atoms with E-state index >= 15 is 0 Å². The van der Waals surface area contributed by atoms with Gasteiger partial charge in [0.05, 0.1) is 0 Å². The number of pyridine rings is 1. The molecule has 6 nitrogen and oxygen atoms in total. The third-order valence-corrected chi connectivity index (χ3v) is 4.31. The average Bonchev–Trinajstić information content (AvgIpc) is 2.73. The number of nitrogens with one attached hydrogen (secondary N) is 1. The third-order valence-electron chi connectivity index (χ3n) is 4.31. The number of hydrogen-bond donors (Lipinski definition) is 3. The van der Waals surface area contributed by atoms with Crippen molar-refractivity contribution in [3.8, 4) is 0 Å². The van der Waals surface area contributed by atoms with Gasteiger partial charge in [0.2, 0.25) is 5.91 Å². The van der Waals surface area contributed by atoms with Gasteiger partial charge in [-0.25, -0.2) is 0 Å². The maximum absolute atomic E-state index is 12.4. The molecule has 2 aromatic carbocycles. The Balaban J connectivity index is 1.82. The van der Waals surface area contributed by atoms with Crippen LogP contribution in [-0.4, -0.2) is 16.8 Å². The molecule has 1 atom stereocenters.